The third-order valence-electron chi connectivity index (χ3n) is 3.46. The van der Waals surface area contributed by atoms with Crippen LogP contribution < -0.4 is 11.3 Å². The highest BCUT2D eigenvalue weighted by molar-refractivity contribution is 5.76. The lowest BCUT2D eigenvalue weighted by molar-refractivity contribution is -0.384. The molecule has 1 saturated heterocycles. The highest BCUT2D eigenvalue weighted by Crippen LogP contribution is 2.25. The minimum Gasteiger partial charge on any atom is -0.338 e. The van der Waals surface area contributed by atoms with E-state index in [0.29, 0.717) is 13.0 Å². The van der Waals surface area contributed by atoms with Gasteiger partial charge in [-0.25, -0.2) is 0 Å². The van der Waals surface area contributed by atoms with E-state index in [1.165, 1.54) is 6.07 Å². The summed E-state index contributed by atoms with van der Waals surface area (Å²) in [7, 11) is 0. The van der Waals surface area contributed by atoms with E-state index in [0.717, 1.165) is 31.4 Å². The van der Waals surface area contributed by atoms with Crippen molar-refractivity contribution >= 4 is 17.3 Å². The lowest BCUT2D eigenvalue weighted by Gasteiger charge is -2.20. The molecule has 0 radical (unpaired) electrons. The molecule has 20 heavy (non-hydrogen) atoms. The molecular formula is C13H18N4O3. The second kappa shape index (κ2) is 6.33. The number of nitrogen functional groups attached to an aromatic ring is 1. The van der Waals surface area contributed by atoms with Crippen molar-refractivity contribution in [3.63, 3.8) is 0 Å². The molecule has 0 bridgehead atoms. The summed E-state index contributed by atoms with van der Waals surface area (Å²) in [6, 6.07) is 4.69. The van der Waals surface area contributed by atoms with Crippen LogP contribution in [0.1, 0.15) is 31.2 Å². The third-order valence-corrected chi connectivity index (χ3v) is 3.46. The highest BCUT2D eigenvalue weighted by atomic mass is 16.6. The van der Waals surface area contributed by atoms with E-state index in [4.69, 9.17) is 5.84 Å². The van der Waals surface area contributed by atoms with E-state index >= 15 is 0 Å². The average molecular weight is 278 g/mol. The van der Waals surface area contributed by atoms with Gasteiger partial charge in [0.2, 0.25) is 5.91 Å². The Bertz CT molecular complexity index is 518. The van der Waals surface area contributed by atoms with Gasteiger partial charge < -0.3 is 10.3 Å². The van der Waals surface area contributed by atoms with Crippen molar-refractivity contribution in [1.29, 1.82) is 0 Å². The molecule has 108 valence electrons. The molecule has 0 saturated carbocycles. The van der Waals surface area contributed by atoms with Crippen molar-refractivity contribution in [1.82, 2.24) is 4.90 Å². The standard InChI is InChI=1S/C13H18N4O3/c14-15-11-8-10(5-6-12(11)17(19)20)9-16-7-3-1-2-4-13(16)18/h5-6,8,15H,1-4,7,9,14H2. The molecule has 1 amide bonds. The maximum Gasteiger partial charge on any atom is 0.293 e. The number of carbonyl (C=O) groups excluding carboxylic acids is 1. The highest BCUT2D eigenvalue weighted by Gasteiger charge is 2.18. The maximum atomic E-state index is 11.9. The van der Waals surface area contributed by atoms with Gasteiger partial charge in [-0.3, -0.25) is 20.8 Å². The van der Waals surface area contributed by atoms with Crippen LogP contribution in [0.3, 0.4) is 0 Å². The summed E-state index contributed by atoms with van der Waals surface area (Å²) < 4.78 is 0. The summed E-state index contributed by atoms with van der Waals surface area (Å²) >= 11 is 0. The van der Waals surface area contributed by atoms with Crippen molar-refractivity contribution in [3.8, 4) is 0 Å². The molecule has 0 aromatic heterocycles. The number of nitrogens with zero attached hydrogens (tertiary/aromatic N) is 2. The molecule has 1 fully saturated rings. The van der Waals surface area contributed by atoms with Crippen LogP contribution in [0.5, 0.6) is 0 Å². The van der Waals surface area contributed by atoms with Gasteiger partial charge in [-0.05, 0) is 24.5 Å². The molecule has 1 aliphatic heterocycles. The summed E-state index contributed by atoms with van der Waals surface area (Å²) in [6.07, 6.45) is 3.58. The van der Waals surface area contributed by atoms with Crippen LogP contribution in [0.15, 0.2) is 18.2 Å². The van der Waals surface area contributed by atoms with Crippen LogP contribution in [0.4, 0.5) is 11.4 Å². The van der Waals surface area contributed by atoms with Crippen LogP contribution >= 0.6 is 0 Å². The summed E-state index contributed by atoms with van der Waals surface area (Å²) in [5, 5.41) is 10.8. The second-order valence-electron chi connectivity index (χ2n) is 4.88. The zero-order chi connectivity index (χ0) is 14.5. The number of hydrogen-bond donors (Lipinski definition) is 2. The molecule has 0 spiro atoms. The first-order chi connectivity index (χ1) is 9.61. The molecule has 3 N–H and O–H groups in total. The van der Waals surface area contributed by atoms with Crippen LogP contribution in [0.25, 0.3) is 0 Å². The van der Waals surface area contributed by atoms with Crippen molar-refractivity contribution in [2.75, 3.05) is 12.0 Å². The number of anilines is 1. The first-order valence-corrected chi connectivity index (χ1v) is 6.63. The molecular weight excluding hydrogens is 260 g/mol. The second-order valence-corrected chi connectivity index (χ2v) is 4.88. The van der Waals surface area contributed by atoms with E-state index in [-0.39, 0.29) is 17.3 Å². The van der Waals surface area contributed by atoms with Gasteiger partial charge in [0.1, 0.15) is 5.69 Å². The van der Waals surface area contributed by atoms with Crippen molar-refractivity contribution in [2.45, 2.75) is 32.2 Å². The Balaban J connectivity index is 2.16. The number of nitrogens with two attached hydrogens (primary N) is 1. The van der Waals surface area contributed by atoms with Crippen LogP contribution in [0, 0.1) is 10.1 Å². The largest absolute Gasteiger partial charge is 0.338 e. The predicted molar refractivity (Wildman–Crippen MR) is 74.8 cm³/mol. The molecule has 0 unspecified atom stereocenters. The monoisotopic (exact) mass is 278 g/mol. The van der Waals surface area contributed by atoms with E-state index in [1.807, 2.05) is 0 Å². The molecule has 1 aliphatic rings. The number of hydrogen-bond acceptors (Lipinski definition) is 5. The fourth-order valence-electron chi connectivity index (χ4n) is 2.38. The number of carbonyl (C=O) groups is 1. The number of rotatable bonds is 4. The van der Waals surface area contributed by atoms with Crippen molar-refractivity contribution in [2.24, 2.45) is 5.84 Å². The Kier molecular flexibility index (Phi) is 4.52. The summed E-state index contributed by atoms with van der Waals surface area (Å²) in [4.78, 5) is 24.1. The van der Waals surface area contributed by atoms with Gasteiger partial charge in [0, 0.05) is 25.6 Å². The molecule has 7 heteroatoms. The van der Waals surface area contributed by atoms with Gasteiger partial charge in [0.15, 0.2) is 0 Å². The number of nitrogens with one attached hydrogen (secondary N) is 1. The number of hydrazine groups is 1. The molecule has 2 rings (SSSR count). The van der Waals surface area contributed by atoms with Gasteiger partial charge >= 0.3 is 0 Å². The van der Waals surface area contributed by atoms with Gasteiger partial charge in [0.25, 0.3) is 5.69 Å². The maximum absolute atomic E-state index is 11.9. The number of nitro groups is 1. The summed E-state index contributed by atoms with van der Waals surface area (Å²) in [5.41, 5.74) is 3.35. The van der Waals surface area contributed by atoms with E-state index in [1.54, 1.807) is 17.0 Å². The first-order valence-electron chi connectivity index (χ1n) is 6.63. The van der Waals surface area contributed by atoms with Gasteiger partial charge in [-0.1, -0.05) is 12.5 Å². The van der Waals surface area contributed by atoms with Crippen molar-refractivity contribution in [3.05, 3.63) is 33.9 Å². The lowest BCUT2D eigenvalue weighted by Crippen LogP contribution is -2.29. The fourth-order valence-corrected chi connectivity index (χ4v) is 2.38. The quantitative estimate of drug-likeness (QED) is 0.496. The zero-order valence-electron chi connectivity index (χ0n) is 11.2. The van der Waals surface area contributed by atoms with Crippen molar-refractivity contribution < 1.29 is 9.72 Å². The molecule has 1 heterocycles. The Labute approximate surface area is 116 Å². The molecule has 1 aromatic carbocycles. The van der Waals surface area contributed by atoms with Gasteiger partial charge in [0.05, 0.1) is 4.92 Å². The molecule has 7 nitrogen and oxygen atoms in total. The minimum absolute atomic E-state index is 0.0709. The van der Waals surface area contributed by atoms with Gasteiger partial charge in [-0.2, -0.15) is 0 Å². The molecule has 0 aliphatic carbocycles. The summed E-state index contributed by atoms with van der Waals surface area (Å²) in [5.74, 6) is 5.45. The van der Waals surface area contributed by atoms with E-state index in [9.17, 15) is 14.9 Å². The topological polar surface area (TPSA) is 102 Å². The third kappa shape index (κ3) is 3.24. The summed E-state index contributed by atoms with van der Waals surface area (Å²) in [6.45, 7) is 1.20. The molecule has 0 atom stereocenters. The van der Waals surface area contributed by atoms with Crippen LogP contribution in [-0.4, -0.2) is 22.3 Å². The number of nitro benzene ring substituents is 1. The predicted octanol–water partition coefficient (Wildman–Crippen LogP) is 1.78. The molecule has 1 aromatic rings. The van der Waals surface area contributed by atoms with E-state index < -0.39 is 4.92 Å². The first kappa shape index (κ1) is 14.3. The van der Waals surface area contributed by atoms with E-state index in [2.05, 4.69) is 5.43 Å². The number of amides is 1. The Morgan fingerprint density at radius 2 is 2.15 bits per heavy atom. The zero-order valence-corrected chi connectivity index (χ0v) is 11.2. The Hall–Kier alpha value is -2.15. The fraction of sp³-hybridized carbons (Fsp3) is 0.462. The Morgan fingerprint density at radius 3 is 2.85 bits per heavy atom. The van der Waals surface area contributed by atoms with Crippen LogP contribution in [0.2, 0.25) is 0 Å². The number of likely N-dealkylation sites (tertiary alicyclic amines) is 1. The normalized spacial score (nSPS) is 15.8. The SMILES string of the molecule is NNc1cc(CN2CCCCCC2=O)ccc1[N+](=O)[O-]. The van der Waals surface area contributed by atoms with Crippen LogP contribution in [-0.2, 0) is 11.3 Å². The average Bonchev–Trinajstić information content (AvgIpc) is 2.64. The Morgan fingerprint density at radius 1 is 1.35 bits per heavy atom. The lowest BCUT2D eigenvalue weighted by atomic mass is 10.1. The minimum atomic E-state index is -0.490. The van der Waals surface area contributed by atoms with Gasteiger partial charge in [-0.15, -0.1) is 0 Å². The number of benzene rings is 1. The smallest absolute Gasteiger partial charge is 0.293 e.